The van der Waals surface area contributed by atoms with Crippen LogP contribution in [0.5, 0.6) is 5.75 Å². The number of fused-ring (bicyclic) bond motifs is 1. The van der Waals surface area contributed by atoms with Gasteiger partial charge in [-0.1, -0.05) is 39.5 Å². The highest BCUT2D eigenvalue weighted by Crippen LogP contribution is 2.38. The molecule has 0 aromatic heterocycles. The molecule has 82 valence electrons. The maximum absolute atomic E-state index is 5.61. The Kier molecular flexibility index (Phi) is 2.22. The smallest absolute Gasteiger partial charge is 0.143 e. The molecule has 15 heavy (non-hydrogen) atoms. The number of hydrogen-bond donors (Lipinski definition) is 1. The van der Waals surface area contributed by atoms with Crippen LogP contribution >= 0.6 is 0 Å². The summed E-state index contributed by atoms with van der Waals surface area (Å²) in [6.07, 6.45) is 0. The Bertz CT molecular complexity index is 407. The Hall–Kier alpha value is -1.44. The highest BCUT2D eigenvalue weighted by molar-refractivity contribution is 5.67. The van der Waals surface area contributed by atoms with Gasteiger partial charge in [0.1, 0.15) is 12.4 Å². The van der Waals surface area contributed by atoms with E-state index in [4.69, 9.17) is 4.74 Å². The largest absolute Gasteiger partial charge is 0.485 e. The van der Waals surface area contributed by atoms with E-state index in [2.05, 4.69) is 38.7 Å². The standard InChI is InChI=1S/C13H17NO.H2/c1-9-8-15-11-7-5-6-10(12(11)14-9)13(2,3)4;/h5-7,14H,1,8H2,2-4H3;1H. The van der Waals surface area contributed by atoms with E-state index in [1.165, 1.54) is 5.56 Å². The third kappa shape index (κ3) is 1.84. The van der Waals surface area contributed by atoms with Gasteiger partial charge in [0, 0.05) is 7.12 Å². The number of para-hydroxylation sites is 1. The van der Waals surface area contributed by atoms with Crippen LogP contribution in [0.1, 0.15) is 27.8 Å². The molecule has 2 heteroatoms. The molecule has 1 heterocycles. The fraction of sp³-hybridized carbons (Fsp3) is 0.385. The van der Waals surface area contributed by atoms with Crippen LogP contribution in [0.4, 0.5) is 5.69 Å². The average molecular weight is 205 g/mol. The molecule has 1 aliphatic heterocycles. The lowest BCUT2D eigenvalue weighted by atomic mass is 9.85. The van der Waals surface area contributed by atoms with Crippen LogP contribution < -0.4 is 10.1 Å². The molecular formula is C13H19NO. The summed E-state index contributed by atoms with van der Waals surface area (Å²) < 4.78 is 5.61. The fourth-order valence-corrected chi connectivity index (χ4v) is 1.78. The average Bonchev–Trinajstić information content (AvgIpc) is 2.15. The molecule has 0 atom stereocenters. The zero-order chi connectivity index (χ0) is 11.1. The summed E-state index contributed by atoms with van der Waals surface area (Å²) in [5, 5.41) is 3.32. The van der Waals surface area contributed by atoms with Gasteiger partial charge >= 0.3 is 0 Å². The second-order valence-electron chi connectivity index (χ2n) is 4.95. The summed E-state index contributed by atoms with van der Waals surface area (Å²) in [6, 6.07) is 6.16. The van der Waals surface area contributed by atoms with Gasteiger partial charge in [-0.25, -0.2) is 0 Å². The molecule has 0 amide bonds. The van der Waals surface area contributed by atoms with Crippen LogP contribution in [-0.2, 0) is 5.41 Å². The molecule has 0 radical (unpaired) electrons. The molecule has 1 aromatic carbocycles. The monoisotopic (exact) mass is 205 g/mol. The summed E-state index contributed by atoms with van der Waals surface area (Å²) in [5.41, 5.74) is 3.36. The quantitative estimate of drug-likeness (QED) is 0.699. The zero-order valence-electron chi connectivity index (χ0n) is 9.55. The van der Waals surface area contributed by atoms with E-state index in [1.807, 2.05) is 12.1 Å². The number of hydrogen-bond acceptors (Lipinski definition) is 2. The fourth-order valence-electron chi connectivity index (χ4n) is 1.78. The van der Waals surface area contributed by atoms with Gasteiger partial charge in [-0.15, -0.1) is 0 Å². The molecule has 0 saturated heterocycles. The summed E-state index contributed by atoms with van der Waals surface area (Å²) in [4.78, 5) is 0. The van der Waals surface area contributed by atoms with E-state index in [-0.39, 0.29) is 6.84 Å². The van der Waals surface area contributed by atoms with Crippen molar-refractivity contribution < 1.29 is 6.16 Å². The van der Waals surface area contributed by atoms with Gasteiger partial charge in [-0.05, 0) is 17.0 Å². The molecule has 0 bridgehead atoms. The van der Waals surface area contributed by atoms with Gasteiger partial charge in [0.15, 0.2) is 0 Å². The molecule has 1 N–H and O–H groups in total. The van der Waals surface area contributed by atoms with E-state index in [0.717, 1.165) is 17.1 Å². The van der Waals surface area contributed by atoms with Gasteiger partial charge in [-0.2, -0.15) is 0 Å². The van der Waals surface area contributed by atoms with Crippen LogP contribution in [-0.4, -0.2) is 6.61 Å². The first kappa shape index (κ1) is 10.1. The van der Waals surface area contributed by atoms with Gasteiger partial charge in [0.25, 0.3) is 0 Å². The summed E-state index contributed by atoms with van der Waals surface area (Å²) in [7, 11) is 0. The van der Waals surface area contributed by atoms with E-state index in [9.17, 15) is 0 Å². The van der Waals surface area contributed by atoms with Crippen molar-refractivity contribution in [2.75, 3.05) is 11.9 Å². The lowest BCUT2D eigenvalue weighted by Gasteiger charge is -2.29. The Labute approximate surface area is 92.4 Å². The van der Waals surface area contributed by atoms with Crippen molar-refractivity contribution in [3.63, 3.8) is 0 Å². The molecule has 2 nitrogen and oxygen atoms in total. The summed E-state index contributed by atoms with van der Waals surface area (Å²) in [5.74, 6) is 0.926. The van der Waals surface area contributed by atoms with E-state index in [0.29, 0.717) is 6.61 Å². The van der Waals surface area contributed by atoms with E-state index >= 15 is 0 Å². The number of nitrogens with one attached hydrogen (secondary N) is 1. The van der Waals surface area contributed by atoms with Crippen molar-refractivity contribution >= 4 is 5.69 Å². The first-order chi connectivity index (χ1) is 6.98. The highest BCUT2D eigenvalue weighted by atomic mass is 16.5. The Morgan fingerprint density at radius 1 is 1.40 bits per heavy atom. The molecule has 1 aromatic rings. The molecule has 0 spiro atoms. The number of benzene rings is 1. The lowest BCUT2D eigenvalue weighted by Crippen LogP contribution is -2.21. The normalized spacial score (nSPS) is 15.3. The highest BCUT2D eigenvalue weighted by Gasteiger charge is 2.23. The molecule has 0 saturated carbocycles. The van der Waals surface area contributed by atoms with Crippen molar-refractivity contribution in [3.05, 3.63) is 36.0 Å². The summed E-state index contributed by atoms with van der Waals surface area (Å²) >= 11 is 0. The molecular weight excluding hydrogens is 186 g/mol. The van der Waals surface area contributed by atoms with Gasteiger partial charge in [0.05, 0.1) is 5.69 Å². The van der Waals surface area contributed by atoms with Crippen LogP contribution in [0.2, 0.25) is 0 Å². The molecule has 0 aliphatic carbocycles. The third-order valence-electron chi connectivity index (χ3n) is 2.54. The van der Waals surface area contributed by atoms with E-state index < -0.39 is 0 Å². The number of ether oxygens (including phenoxy) is 1. The number of anilines is 1. The maximum atomic E-state index is 5.61. The Balaban J connectivity index is 0.00000128. The van der Waals surface area contributed by atoms with E-state index in [1.54, 1.807) is 0 Å². The Morgan fingerprint density at radius 3 is 2.80 bits per heavy atom. The van der Waals surface area contributed by atoms with Gasteiger partial charge < -0.3 is 10.1 Å². The number of rotatable bonds is 0. The maximum Gasteiger partial charge on any atom is 0.143 e. The second-order valence-corrected chi connectivity index (χ2v) is 4.95. The third-order valence-corrected chi connectivity index (χ3v) is 2.54. The first-order valence-corrected chi connectivity index (χ1v) is 5.19. The van der Waals surface area contributed by atoms with Crippen molar-refractivity contribution in [2.24, 2.45) is 0 Å². The molecule has 1 aliphatic rings. The SMILES string of the molecule is C=C1COc2cccc(C(C)(C)C)c2N1.[HH]. The first-order valence-electron chi connectivity index (χ1n) is 5.19. The minimum Gasteiger partial charge on any atom is -0.485 e. The van der Waals surface area contributed by atoms with Gasteiger partial charge in [0.2, 0.25) is 0 Å². The van der Waals surface area contributed by atoms with Crippen molar-refractivity contribution in [3.8, 4) is 5.75 Å². The minimum atomic E-state index is 0. The Morgan fingerprint density at radius 2 is 2.13 bits per heavy atom. The van der Waals surface area contributed by atoms with Crippen LogP contribution in [0.15, 0.2) is 30.5 Å². The molecule has 0 unspecified atom stereocenters. The van der Waals surface area contributed by atoms with Crippen LogP contribution in [0.25, 0.3) is 0 Å². The zero-order valence-corrected chi connectivity index (χ0v) is 9.55. The second kappa shape index (κ2) is 3.30. The van der Waals surface area contributed by atoms with Crippen molar-refractivity contribution in [1.82, 2.24) is 0 Å². The molecule has 2 rings (SSSR count). The minimum absolute atomic E-state index is 0. The molecule has 0 fully saturated rings. The van der Waals surface area contributed by atoms with Crippen molar-refractivity contribution in [1.29, 1.82) is 0 Å². The van der Waals surface area contributed by atoms with Crippen LogP contribution in [0.3, 0.4) is 0 Å². The van der Waals surface area contributed by atoms with Gasteiger partial charge in [-0.3, -0.25) is 0 Å². The van der Waals surface area contributed by atoms with Crippen LogP contribution in [0, 0.1) is 0 Å². The predicted octanol–water partition coefficient (Wildman–Crippen LogP) is 3.55. The predicted molar refractivity (Wildman–Crippen MR) is 65.5 cm³/mol. The summed E-state index contributed by atoms with van der Waals surface area (Å²) in [6.45, 7) is 11.0. The topological polar surface area (TPSA) is 21.3 Å². The van der Waals surface area contributed by atoms with Crippen molar-refractivity contribution in [2.45, 2.75) is 26.2 Å². The lowest BCUT2D eigenvalue weighted by molar-refractivity contribution is 0.345.